The maximum atomic E-state index is 5.39. The van der Waals surface area contributed by atoms with Gasteiger partial charge in [-0.1, -0.05) is 35.5 Å². The zero-order valence-corrected chi connectivity index (χ0v) is 9.21. The van der Waals surface area contributed by atoms with Crippen molar-refractivity contribution >= 4 is 5.88 Å². The van der Waals surface area contributed by atoms with E-state index in [1.807, 2.05) is 54.9 Å². The lowest BCUT2D eigenvalue weighted by Gasteiger charge is -1.90. The van der Waals surface area contributed by atoms with Crippen LogP contribution in [0.5, 0.6) is 0 Å². The van der Waals surface area contributed by atoms with Crippen molar-refractivity contribution in [2.75, 3.05) is 5.73 Å². The van der Waals surface area contributed by atoms with Crippen LogP contribution >= 0.6 is 0 Å². The van der Waals surface area contributed by atoms with Gasteiger partial charge >= 0.3 is 0 Å². The van der Waals surface area contributed by atoms with Gasteiger partial charge in [-0.05, 0) is 12.1 Å². The molecule has 1 aromatic carbocycles. The van der Waals surface area contributed by atoms with Crippen LogP contribution in [0.3, 0.4) is 0 Å². The molecule has 0 unspecified atom stereocenters. The Balaban J connectivity index is 0.000000181. The number of benzene rings is 1. The number of nitrogens with zero attached hydrogens (tertiary/aromatic N) is 1. The normalized spacial score (nSPS) is 9.41. The van der Waals surface area contributed by atoms with Gasteiger partial charge in [-0.25, -0.2) is 0 Å². The summed E-state index contributed by atoms with van der Waals surface area (Å²) in [5.74, 6) is 0.342. The van der Waals surface area contributed by atoms with Gasteiger partial charge in [0.1, 0.15) is 5.69 Å². The first-order valence-corrected chi connectivity index (χ1v) is 5.21. The Morgan fingerprint density at radius 3 is 2.18 bits per heavy atom. The van der Waals surface area contributed by atoms with Gasteiger partial charge in [-0.3, -0.25) is 0 Å². The van der Waals surface area contributed by atoms with Gasteiger partial charge in [0.25, 0.3) is 0 Å². The Hall–Kier alpha value is -2.49. The molecule has 0 bridgehead atoms. The topological polar surface area (TPSA) is 67.8 Å². The zero-order valence-electron chi connectivity index (χ0n) is 9.21. The van der Waals surface area contributed by atoms with Crippen molar-refractivity contribution in [3.8, 4) is 11.3 Å². The molecule has 0 atom stereocenters. The summed E-state index contributed by atoms with van der Waals surface area (Å²) in [4.78, 5) is 2.86. The first kappa shape index (κ1) is 11.0. The van der Waals surface area contributed by atoms with Gasteiger partial charge in [-0.2, -0.15) is 0 Å². The summed E-state index contributed by atoms with van der Waals surface area (Å²) in [6.07, 6.45) is 3.75. The Kier molecular flexibility index (Phi) is 3.60. The third-order valence-electron chi connectivity index (χ3n) is 2.09. The van der Waals surface area contributed by atoms with E-state index in [2.05, 4.69) is 10.1 Å². The number of rotatable bonds is 1. The maximum Gasteiger partial charge on any atom is 0.222 e. The molecule has 3 N–H and O–H groups in total. The fraction of sp³-hybridized carbons (Fsp3) is 0. The van der Waals surface area contributed by atoms with Crippen molar-refractivity contribution < 1.29 is 4.52 Å². The number of aromatic nitrogens is 2. The first-order chi connectivity index (χ1) is 8.36. The highest BCUT2D eigenvalue weighted by atomic mass is 16.5. The predicted molar refractivity (Wildman–Crippen MR) is 67.1 cm³/mol. The average Bonchev–Trinajstić information content (AvgIpc) is 3.04. The summed E-state index contributed by atoms with van der Waals surface area (Å²) in [6.45, 7) is 0. The van der Waals surface area contributed by atoms with E-state index in [-0.39, 0.29) is 0 Å². The van der Waals surface area contributed by atoms with Crippen molar-refractivity contribution in [3.63, 3.8) is 0 Å². The minimum absolute atomic E-state index is 0.342. The Morgan fingerprint density at radius 1 is 1.00 bits per heavy atom. The van der Waals surface area contributed by atoms with Gasteiger partial charge < -0.3 is 15.2 Å². The summed E-state index contributed by atoms with van der Waals surface area (Å²) in [5, 5.41) is 3.79. The van der Waals surface area contributed by atoms with Gasteiger partial charge in [-0.15, -0.1) is 0 Å². The predicted octanol–water partition coefficient (Wildman–Crippen LogP) is 2.94. The summed E-state index contributed by atoms with van der Waals surface area (Å²) in [5.41, 5.74) is 7.17. The fourth-order valence-corrected chi connectivity index (χ4v) is 1.31. The summed E-state index contributed by atoms with van der Waals surface area (Å²) in [7, 11) is 0. The lowest BCUT2D eigenvalue weighted by atomic mass is 10.2. The highest BCUT2D eigenvalue weighted by Crippen LogP contribution is 2.18. The number of hydrogen-bond acceptors (Lipinski definition) is 3. The third kappa shape index (κ3) is 3.24. The van der Waals surface area contributed by atoms with E-state index in [9.17, 15) is 0 Å². The van der Waals surface area contributed by atoms with E-state index in [0.717, 1.165) is 11.3 Å². The van der Waals surface area contributed by atoms with Crippen LogP contribution in [-0.2, 0) is 0 Å². The van der Waals surface area contributed by atoms with E-state index in [1.54, 1.807) is 6.07 Å². The summed E-state index contributed by atoms with van der Waals surface area (Å²) >= 11 is 0. The SMILES string of the molecule is Nc1cc(-c2ccccc2)no1.c1cc[nH]c1. The number of hydrogen-bond donors (Lipinski definition) is 2. The van der Waals surface area contributed by atoms with Crippen molar-refractivity contribution in [2.45, 2.75) is 0 Å². The number of nitrogens with one attached hydrogen (secondary N) is 1. The molecule has 0 aliphatic heterocycles. The molecule has 0 radical (unpaired) electrons. The lowest BCUT2D eigenvalue weighted by molar-refractivity contribution is 0.439. The molecule has 0 fully saturated rings. The number of nitrogen functional groups attached to an aromatic ring is 1. The Morgan fingerprint density at radius 2 is 1.71 bits per heavy atom. The maximum absolute atomic E-state index is 5.39. The average molecular weight is 227 g/mol. The number of aromatic amines is 1. The molecule has 3 aromatic rings. The second kappa shape index (κ2) is 5.55. The van der Waals surface area contributed by atoms with E-state index >= 15 is 0 Å². The lowest BCUT2D eigenvalue weighted by Crippen LogP contribution is -1.76. The Bertz CT molecular complexity index is 512. The molecule has 86 valence electrons. The van der Waals surface area contributed by atoms with E-state index in [0.29, 0.717) is 5.88 Å². The summed E-state index contributed by atoms with van der Waals surface area (Å²) < 4.78 is 4.75. The van der Waals surface area contributed by atoms with Crippen LogP contribution in [0.4, 0.5) is 5.88 Å². The highest BCUT2D eigenvalue weighted by molar-refractivity contribution is 5.60. The van der Waals surface area contributed by atoms with Crippen molar-refractivity contribution in [2.24, 2.45) is 0 Å². The van der Waals surface area contributed by atoms with Crippen LogP contribution < -0.4 is 5.73 Å². The smallest absolute Gasteiger partial charge is 0.222 e. The van der Waals surface area contributed by atoms with Crippen LogP contribution in [-0.4, -0.2) is 10.1 Å². The van der Waals surface area contributed by atoms with Crippen molar-refractivity contribution in [1.82, 2.24) is 10.1 Å². The molecule has 3 rings (SSSR count). The largest absolute Gasteiger partial charge is 0.368 e. The molecule has 0 aliphatic carbocycles. The quantitative estimate of drug-likeness (QED) is 0.671. The molecule has 2 aromatic heterocycles. The minimum atomic E-state index is 0.342. The number of nitrogens with two attached hydrogens (primary N) is 1. The van der Waals surface area contributed by atoms with Crippen LogP contribution in [0.1, 0.15) is 0 Å². The van der Waals surface area contributed by atoms with E-state index < -0.39 is 0 Å². The standard InChI is InChI=1S/C9H8N2O.C4H5N/c10-9-6-8(11-12-9)7-4-2-1-3-5-7;1-2-4-5-3-1/h1-6H,10H2;1-5H. The van der Waals surface area contributed by atoms with Crippen LogP contribution in [0.15, 0.2) is 65.4 Å². The van der Waals surface area contributed by atoms with Crippen molar-refractivity contribution in [1.29, 1.82) is 0 Å². The molecule has 0 saturated carbocycles. The molecule has 0 saturated heterocycles. The van der Waals surface area contributed by atoms with E-state index in [4.69, 9.17) is 10.3 Å². The molecule has 4 heteroatoms. The van der Waals surface area contributed by atoms with Gasteiger partial charge in [0.15, 0.2) is 0 Å². The minimum Gasteiger partial charge on any atom is -0.368 e. The van der Waals surface area contributed by atoms with E-state index in [1.165, 1.54) is 0 Å². The van der Waals surface area contributed by atoms with Gasteiger partial charge in [0, 0.05) is 24.0 Å². The second-order valence-electron chi connectivity index (χ2n) is 3.37. The van der Waals surface area contributed by atoms with Gasteiger partial charge in [0.05, 0.1) is 0 Å². The number of H-pyrrole nitrogens is 1. The molecule has 0 aliphatic rings. The molecule has 2 heterocycles. The molecular formula is C13H13N3O. The monoisotopic (exact) mass is 227 g/mol. The van der Waals surface area contributed by atoms with Crippen LogP contribution in [0, 0.1) is 0 Å². The third-order valence-corrected chi connectivity index (χ3v) is 2.09. The zero-order chi connectivity index (χ0) is 11.9. The van der Waals surface area contributed by atoms with Gasteiger partial charge in [0.2, 0.25) is 5.88 Å². The second-order valence-corrected chi connectivity index (χ2v) is 3.37. The molecule has 0 spiro atoms. The highest BCUT2D eigenvalue weighted by Gasteiger charge is 2.01. The number of anilines is 1. The molecule has 4 nitrogen and oxygen atoms in total. The van der Waals surface area contributed by atoms with Crippen molar-refractivity contribution in [3.05, 3.63) is 60.9 Å². The molecular weight excluding hydrogens is 214 g/mol. The molecule has 17 heavy (non-hydrogen) atoms. The molecule has 0 amide bonds. The fourth-order valence-electron chi connectivity index (χ4n) is 1.31. The first-order valence-electron chi connectivity index (χ1n) is 5.21. The van der Waals surface area contributed by atoms with Crippen LogP contribution in [0.2, 0.25) is 0 Å². The van der Waals surface area contributed by atoms with Crippen LogP contribution in [0.25, 0.3) is 11.3 Å². The Labute approximate surface area is 99.1 Å². The summed E-state index contributed by atoms with van der Waals surface area (Å²) in [6, 6.07) is 15.3.